The molecule has 6 nitrogen and oxygen atoms in total. The standard InChI is InChI=1S/C19H14ClF2N3O3/c1-9(15-12(21)5-6-13(22)16(15)20)28-18-17(23)24-8-14(25-18)10-3-2-4-11(7-10)19(26)27/h2-9H,1H3,(H2,23,24)(H,26,27). The molecule has 0 amide bonds. The molecular formula is C19H14ClF2N3O3. The van der Waals surface area contributed by atoms with Crippen molar-refractivity contribution in [3.63, 3.8) is 0 Å². The van der Waals surface area contributed by atoms with Gasteiger partial charge in [0.25, 0.3) is 5.88 Å². The summed E-state index contributed by atoms with van der Waals surface area (Å²) in [5, 5.41) is 8.72. The van der Waals surface area contributed by atoms with Crippen LogP contribution in [0.2, 0.25) is 5.02 Å². The zero-order chi connectivity index (χ0) is 20.4. The molecule has 1 heterocycles. The van der Waals surface area contributed by atoms with Gasteiger partial charge in [0.15, 0.2) is 5.82 Å². The summed E-state index contributed by atoms with van der Waals surface area (Å²) in [6.45, 7) is 1.46. The van der Waals surface area contributed by atoms with Crippen LogP contribution in [0, 0.1) is 11.6 Å². The molecule has 0 bridgehead atoms. The number of halogens is 3. The summed E-state index contributed by atoms with van der Waals surface area (Å²) in [5.74, 6) is -2.81. The topological polar surface area (TPSA) is 98.3 Å². The highest BCUT2D eigenvalue weighted by molar-refractivity contribution is 6.31. The smallest absolute Gasteiger partial charge is 0.335 e. The molecule has 0 saturated heterocycles. The maximum absolute atomic E-state index is 14.1. The largest absolute Gasteiger partial charge is 0.478 e. The second-order valence-corrected chi connectivity index (χ2v) is 6.23. The number of benzene rings is 2. The van der Waals surface area contributed by atoms with Gasteiger partial charge in [-0.2, -0.15) is 0 Å². The van der Waals surface area contributed by atoms with E-state index in [2.05, 4.69) is 9.97 Å². The highest BCUT2D eigenvalue weighted by Crippen LogP contribution is 2.33. The van der Waals surface area contributed by atoms with E-state index in [1.54, 1.807) is 12.1 Å². The van der Waals surface area contributed by atoms with Crippen molar-refractivity contribution in [2.45, 2.75) is 13.0 Å². The first-order valence-electron chi connectivity index (χ1n) is 8.04. The minimum Gasteiger partial charge on any atom is -0.478 e. The van der Waals surface area contributed by atoms with Gasteiger partial charge in [0.2, 0.25) is 0 Å². The monoisotopic (exact) mass is 405 g/mol. The second-order valence-electron chi connectivity index (χ2n) is 5.85. The van der Waals surface area contributed by atoms with E-state index >= 15 is 0 Å². The molecule has 0 aliphatic carbocycles. The Bertz CT molecular complexity index is 1060. The summed E-state index contributed by atoms with van der Waals surface area (Å²) in [7, 11) is 0. The number of nitrogen functional groups attached to an aromatic ring is 1. The number of aromatic carboxylic acids is 1. The minimum atomic E-state index is -1.09. The van der Waals surface area contributed by atoms with Crippen molar-refractivity contribution in [2.75, 3.05) is 5.73 Å². The Morgan fingerprint density at radius 1 is 1.25 bits per heavy atom. The Morgan fingerprint density at radius 3 is 2.68 bits per heavy atom. The van der Waals surface area contributed by atoms with Gasteiger partial charge in [-0.3, -0.25) is 0 Å². The van der Waals surface area contributed by atoms with Gasteiger partial charge >= 0.3 is 5.97 Å². The second kappa shape index (κ2) is 7.77. The fourth-order valence-electron chi connectivity index (χ4n) is 2.56. The molecule has 3 rings (SSSR count). The molecule has 3 N–H and O–H groups in total. The molecule has 1 unspecified atom stereocenters. The Balaban J connectivity index is 1.96. The van der Waals surface area contributed by atoms with Crippen molar-refractivity contribution in [1.29, 1.82) is 0 Å². The van der Waals surface area contributed by atoms with E-state index in [-0.39, 0.29) is 22.8 Å². The number of nitrogens with zero attached hydrogens (tertiary/aromatic N) is 2. The third-order valence-electron chi connectivity index (χ3n) is 3.95. The lowest BCUT2D eigenvalue weighted by Crippen LogP contribution is -2.11. The Kier molecular flexibility index (Phi) is 5.41. The van der Waals surface area contributed by atoms with Crippen LogP contribution in [-0.4, -0.2) is 21.0 Å². The number of rotatable bonds is 5. The summed E-state index contributed by atoms with van der Waals surface area (Å²) in [6, 6.07) is 7.91. The van der Waals surface area contributed by atoms with Gasteiger partial charge < -0.3 is 15.6 Å². The van der Waals surface area contributed by atoms with Gasteiger partial charge in [-0.15, -0.1) is 0 Å². The fourth-order valence-corrected chi connectivity index (χ4v) is 2.87. The maximum Gasteiger partial charge on any atom is 0.335 e. The lowest BCUT2D eigenvalue weighted by atomic mass is 10.1. The zero-order valence-corrected chi connectivity index (χ0v) is 15.2. The normalized spacial score (nSPS) is 11.9. The average Bonchev–Trinajstić information content (AvgIpc) is 2.67. The molecule has 0 fully saturated rings. The highest BCUT2D eigenvalue weighted by atomic mass is 35.5. The number of nitrogens with two attached hydrogens (primary N) is 1. The van der Waals surface area contributed by atoms with Crippen LogP contribution in [0.15, 0.2) is 42.6 Å². The van der Waals surface area contributed by atoms with Crippen molar-refractivity contribution < 1.29 is 23.4 Å². The van der Waals surface area contributed by atoms with Crippen LogP contribution < -0.4 is 10.5 Å². The third kappa shape index (κ3) is 3.86. The maximum atomic E-state index is 14.1. The molecule has 0 spiro atoms. The molecule has 28 heavy (non-hydrogen) atoms. The lowest BCUT2D eigenvalue weighted by Gasteiger charge is -2.18. The Labute approximate surface area is 163 Å². The van der Waals surface area contributed by atoms with Crippen LogP contribution in [0.4, 0.5) is 14.6 Å². The number of ether oxygens (including phenoxy) is 1. The van der Waals surface area contributed by atoms with Gasteiger partial charge in [0, 0.05) is 11.1 Å². The Morgan fingerprint density at radius 2 is 1.96 bits per heavy atom. The fraction of sp³-hybridized carbons (Fsp3) is 0.105. The van der Waals surface area contributed by atoms with Crippen LogP contribution in [0.5, 0.6) is 5.88 Å². The van der Waals surface area contributed by atoms with E-state index in [1.165, 1.54) is 25.3 Å². The van der Waals surface area contributed by atoms with Crippen LogP contribution in [-0.2, 0) is 0 Å². The van der Waals surface area contributed by atoms with Gasteiger partial charge in [0.1, 0.15) is 17.7 Å². The van der Waals surface area contributed by atoms with Crippen LogP contribution in [0.3, 0.4) is 0 Å². The number of hydrogen-bond donors (Lipinski definition) is 2. The van der Waals surface area contributed by atoms with Crippen molar-refractivity contribution >= 4 is 23.4 Å². The Hall–Kier alpha value is -3.26. The number of carbonyl (C=O) groups is 1. The zero-order valence-electron chi connectivity index (χ0n) is 14.5. The summed E-state index contributed by atoms with van der Waals surface area (Å²) in [4.78, 5) is 19.3. The van der Waals surface area contributed by atoms with Gasteiger partial charge in [-0.05, 0) is 31.2 Å². The van der Waals surface area contributed by atoms with Gasteiger partial charge in [-0.25, -0.2) is 23.5 Å². The molecule has 1 atom stereocenters. The van der Waals surface area contributed by atoms with E-state index in [0.717, 1.165) is 12.1 Å². The van der Waals surface area contributed by atoms with Crippen LogP contribution >= 0.6 is 11.6 Å². The summed E-state index contributed by atoms with van der Waals surface area (Å²) in [5.41, 5.74) is 6.44. The summed E-state index contributed by atoms with van der Waals surface area (Å²) in [6.07, 6.45) is 0.337. The molecule has 0 aliphatic heterocycles. The third-order valence-corrected chi connectivity index (χ3v) is 4.33. The predicted molar refractivity (Wildman–Crippen MR) is 99.3 cm³/mol. The number of anilines is 1. The van der Waals surface area contributed by atoms with E-state index in [9.17, 15) is 13.6 Å². The minimum absolute atomic E-state index is 0.0700. The van der Waals surface area contributed by atoms with Crippen molar-refractivity contribution in [1.82, 2.24) is 9.97 Å². The van der Waals surface area contributed by atoms with E-state index < -0.39 is 28.7 Å². The first-order chi connectivity index (χ1) is 13.3. The first kappa shape index (κ1) is 19.5. The summed E-state index contributed by atoms with van der Waals surface area (Å²) < 4.78 is 33.3. The van der Waals surface area contributed by atoms with Gasteiger partial charge in [0.05, 0.1) is 22.5 Å². The van der Waals surface area contributed by atoms with Crippen molar-refractivity contribution in [3.05, 3.63) is 70.4 Å². The van der Waals surface area contributed by atoms with E-state index in [1.807, 2.05) is 0 Å². The molecule has 144 valence electrons. The predicted octanol–water partition coefficient (Wildman–Crippen LogP) is 4.50. The van der Waals surface area contributed by atoms with Crippen LogP contribution in [0.25, 0.3) is 11.3 Å². The van der Waals surface area contributed by atoms with Crippen molar-refractivity contribution in [2.24, 2.45) is 0 Å². The highest BCUT2D eigenvalue weighted by Gasteiger charge is 2.21. The van der Waals surface area contributed by atoms with Crippen LogP contribution in [0.1, 0.15) is 28.9 Å². The first-order valence-corrected chi connectivity index (χ1v) is 8.42. The van der Waals surface area contributed by atoms with E-state index in [4.69, 9.17) is 27.2 Å². The van der Waals surface area contributed by atoms with Crippen molar-refractivity contribution in [3.8, 4) is 17.1 Å². The lowest BCUT2D eigenvalue weighted by molar-refractivity contribution is 0.0697. The number of carboxylic acid groups (broad SMARTS) is 1. The molecule has 1 aromatic heterocycles. The molecular weight excluding hydrogens is 392 g/mol. The molecule has 0 radical (unpaired) electrons. The van der Waals surface area contributed by atoms with E-state index in [0.29, 0.717) is 11.3 Å². The molecule has 0 saturated carbocycles. The molecule has 0 aliphatic rings. The number of hydrogen-bond acceptors (Lipinski definition) is 5. The average molecular weight is 406 g/mol. The number of carboxylic acids is 1. The van der Waals surface area contributed by atoms with Gasteiger partial charge in [-0.1, -0.05) is 23.7 Å². The summed E-state index contributed by atoms with van der Waals surface area (Å²) >= 11 is 5.86. The molecule has 2 aromatic carbocycles. The number of aromatic nitrogens is 2. The molecule has 3 aromatic rings. The molecule has 9 heteroatoms. The SMILES string of the molecule is CC(Oc1nc(-c2cccc(C(=O)O)c2)cnc1N)c1c(F)ccc(F)c1Cl. The quantitative estimate of drug-likeness (QED) is 0.606.